The second-order valence-corrected chi connectivity index (χ2v) is 4.43. The zero-order chi connectivity index (χ0) is 11.7. The normalized spacial score (nSPS) is 27.1. The summed E-state index contributed by atoms with van der Waals surface area (Å²) in [4.78, 5) is 0. The Kier molecular flexibility index (Phi) is 2.91. The number of aliphatic hydroxyl groups excluding tert-OH is 1. The summed E-state index contributed by atoms with van der Waals surface area (Å²) in [5.41, 5.74) is 1.06. The van der Waals surface area contributed by atoms with Gasteiger partial charge in [0.05, 0.1) is 6.10 Å². The van der Waals surface area contributed by atoms with Gasteiger partial charge < -0.3 is 19.3 Å². The molecule has 4 heteroatoms. The van der Waals surface area contributed by atoms with Crippen LogP contribution in [0.2, 0.25) is 0 Å². The molecule has 2 aliphatic heterocycles. The van der Waals surface area contributed by atoms with Gasteiger partial charge in [-0.2, -0.15) is 0 Å². The van der Waals surface area contributed by atoms with Crippen molar-refractivity contribution in [1.82, 2.24) is 0 Å². The molecule has 92 valence electrons. The van der Waals surface area contributed by atoms with Crippen LogP contribution in [-0.4, -0.2) is 31.5 Å². The molecule has 0 saturated carbocycles. The van der Waals surface area contributed by atoms with Gasteiger partial charge in [0.15, 0.2) is 11.5 Å². The fourth-order valence-electron chi connectivity index (χ4n) is 2.43. The molecule has 0 spiro atoms. The van der Waals surface area contributed by atoms with E-state index in [9.17, 15) is 5.11 Å². The first-order valence-electron chi connectivity index (χ1n) is 6.00. The first kappa shape index (κ1) is 10.9. The van der Waals surface area contributed by atoms with E-state index in [1.165, 1.54) is 0 Å². The molecule has 2 unspecified atom stereocenters. The third-order valence-electron chi connectivity index (χ3n) is 3.34. The van der Waals surface area contributed by atoms with E-state index in [1.807, 2.05) is 18.2 Å². The molecule has 1 fully saturated rings. The Hall–Kier alpha value is -1.26. The maximum atomic E-state index is 9.30. The molecular weight excluding hydrogens is 220 g/mol. The summed E-state index contributed by atoms with van der Waals surface area (Å²) in [7, 11) is 0. The van der Waals surface area contributed by atoms with Crippen molar-refractivity contribution in [2.75, 3.05) is 26.4 Å². The van der Waals surface area contributed by atoms with Crippen LogP contribution < -0.4 is 9.47 Å². The highest BCUT2D eigenvalue weighted by Crippen LogP contribution is 2.39. The van der Waals surface area contributed by atoms with Gasteiger partial charge in [-0.25, -0.2) is 0 Å². The van der Waals surface area contributed by atoms with Gasteiger partial charge in [0.1, 0.15) is 13.2 Å². The monoisotopic (exact) mass is 236 g/mol. The van der Waals surface area contributed by atoms with Crippen LogP contribution in [-0.2, 0) is 4.74 Å². The predicted molar refractivity (Wildman–Crippen MR) is 61.3 cm³/mol. The summed E-state index contributed by atoms with van der Waals surface area (Å²) in [6.45, 7) is 2.07. The zero-order valence-electron chi connectivity index (χ0n) is 9.59. The first-order valence-corrected chi connectivity index (χ1v) is 6.00. The van der Waals surface area contributed by atoms with Crippen molar-refractivity contribution in [3.8, 4) is 11.5 Å². The van der Waals surface area contributed by atoms with E-state index in [0.29, 0.717) is 19.8 Å². The smallest absolute Gasteiger partial charge is 0.161 e. The molecule has 1 N–H and O–H groups in total. The number of hydrogen-bond acceptors (Lipinski definition) is 4. The highest BCUT2D eigenvalue weighted by molar-refractivity contribution is 5.44. The van der Waals surface area contributed by atoms with Crippen LogP contribution in [0.25, 0.3) is 0 Å². The number of benzene rings is 1. The van der Waals surface area contributed by atoms with Crippen LogP contribution in [0.5, 0.6) is 11.5 Å². The maximum Gasteiger partial charge on any atom is 0.161 e. The molecule has 17 heavy (non-hydrogen) atoms. The first-order chi connectivity index (χ1) is 8.38. The molecule has 1 saturated heterocycles. The van der Waals surface area contributed by atoms with Gasteiger partial charge in [-0.1, -0.05) is 6.07 Å². The fourth-order valence-corrected chi connectivity index (χ4v) is 2.43. The summed E-state index contributed by atoms with van der Waals surface area (Å²) < 4.78 is 16.7. The summed E-state index contributed by atoms with van der Waals surface area (Å²) in [5.74, 6) is 1.76. The third kappa shape index (κ3) is 1.98. The molecule has 4 nitrogen and oxygen atoms in total. The van der Waals surface area contributed by atoms with Crippen molar-refractivity contribution < 1.29 is 19.3 Å². The minimum absolute atomic E-state index is 0.0178. The standard InChI is InChI=1S/C13H16O4/c14-8-10-3-4-17-13(10)9-1-2-11-12(7-9)16-6-5-15-11/h1-2,7,10,13-14H,3-6,8H2. The van der Waals surface area contributed by atoms with Gasteiger partial charge in [-0.15, -0.1) is 0 Å². The Labute approximate surface area is 100 Å². The maximum absolute atomic E-state index is 9.30. The summed E-state index contributed by atoms with van der Waals surface area (Å²) >= 11 is 0. The van der Waals surface area contributed by atoms with Gasteiger partial charge in [0, 0.05) is 19.1 Å². The van der Waals surface area contributed by atoms with E-state index in [4.69, 9.17) is 14.2 Å². The van der Waals surface area contributed by atoms with E-state index in [0.717, 1.165) is 23.5 Å². The largest absolute Gasteiger partial charge is 0.486 e. The lowest BCUT2D eigenvalue weighted by Crippen LogP contribution is -2.16. The average molecular weight is 236 g/mol. The van der Waals surface area contributed by atoms with Crippen LogP contribution in [0, 0.1) is 5.92 Å². The fraction of sp³-hybridized carbons (Fsp3) is 0.538. The Morgan fingerprint density at radius 3 is 2.76 bits per heavy atom. The van der Waals surface area contributed by atoms with Gasteiger partial charge in [0.25, 0.3) is 0 Å². The Morgan fingerprint density at radius 1 is 1.12 bits per heavy atom. The van der Waals surface area contributed by atoms with Crippen molar-refractivity contribution in [2.24, 2.45) is 5.92 Å². The molecule has 1 aromatic carbocycles. The van der Waals surface area contributed by atoms with Gasteiger partial charge in [-0.05, 0) is 24.1 Å². The van der Waals surface area contributed by atoms with Crippen LogP contribution in [0.1, 0.15) is 18.1 Å². The predicted octanol–water partition coefficient (Wildman–Crippen LogP) is 1.53. The van der Waals surface area contributed by atoms with Crippen LogP contribution in [0.4, 0.5) is 0 Å². The summed E-state index contributed by atoms with van der Waals surface area (Å²) in [6, 6.07) is 5.87. The van der Waals surface area contributed by atoms with E-state index < -0.39 is 0 Å². The molecule has 1 aromatic rings. The quantitative estimate of drug-likeness (QED) is 0.846. The average Bonchev–Trinajstić information content (AvgIpc) is 2.86. The number of aliphatic hydroxyl groups is 1. The second-order valence-electron chi connectivity index (χ2n) is 4.43. The number of fused-ring (bicyclic) bond motifs is 1. The molecule has 0 amide bonds. The summed E-state index contributed by atoms with van der Waals surface area (Å²) in [6.07, 6.45) is 0.895. The van der Waals surface area contributed by atoms with Crippen molar-refractivity contribution in [2.45, 2.75) is 12.5 Å². The molecule has 2 atom stereocenters. The number of rotatable bonds is 2. The van der Waals surface area contributed by atoms with Crippen LogP contribution >= 0.6 is 0 Å². The zero-order valence-corrected chi connectivity index (χ0v) is 9.59. The van der Waals surface area contributed by atoms with Crippen molar-refractivity contribution >= 4 is 0 Å². The van der Waals surface area contributed by atoms with Gasteiger partial charge in [-0.3, -0.25) is 0 Å². The third-order valence-corrected chi connectivity index (χ3v) is 3.34. The Morgan fingerprint density at radius 2 is 1.94 bits per heavy atom. The summed E-state index contributed by atoms with van der Waals surface area (Å²) in [5, 5.41) is 9.30. The minimum Gasteiger partial charge on any atom is -0.486 e. The lowest BCUT2D eigenvalue weighted by Gasteiger charge is -2.22. The molecule has 2 aliphatic rings. The molecule has 2 heterocycles. The lowest BCUT2D eigenvalue weighted by atomic mass is 9.96. The van der Waals surface area contributed by atoms with Crippen molar-refractivity contribution in [3.63, 3.8) is 0 Å². The Balaban J connectivity index is 1.88. The topological polar surface area (TPSA) is 47.9 Å². The van der Waals surface area contributed by atoms with Crippen molar-refractivity contribution in [3.05, 3.63) is 23.8 Å². The Bertz CT molecular complexity index is 404. The molecular formula is C13H16O4. The van der Waals surface area contributed by atoms with Gasteiger partial charge >= 0.3 is 0 Å². The lowest BCUT2D eigenvalue weighted by molar-refractivity contribution is 0.0714. The van der Waals surface area contributed by atoms with Crippen LogP contribution in [0.3, 0.4) is 0 Å². The van der Waals surface area contributed by atoms with E-state index in [-0.39, 0.29) is 18.6 Å². The van der Waals surface area contributed by atoms with E-state index >= 15 is 0 Å². The van der Waals surface area contributed by atoms with Gasteiger partial charge in [0.2, 0.25) is 0 Å². The number of hydrogen-bond donors (Lipinski definition) is 1. The molecule has 0 aromatic heterocycles. The molecule has 3 rings (SSSR count). The highest BCUT2D eigenvalue weighted by atomic mass is 16.6. The SMILES string of the molecule is OCC1CCOC1c1ccc2c(c1)OCCO2. The van der Waals surface area contributed by atoms with E-state index in [1.54, 1.807) is 0 Å². The molecule has 0 aliphatic carbocycles. The van der Waals surface area contributed by atoms with E-state index in [2.05, 4.69) is 0 Å². The minimum atomic E-state index is -0.0178. The van der Waals surface area contributed by atoms with Crippen molar-refractivity contribution in [1.29, 1.82) is 0 Å². The highest BCUT2D eigenvalue weighted by Gasteiger charge is 2.29. The molecule has 0 radical (unpaired) electrons. The number of ether oxygens (including phenoxy) is 3. The second kappa shape index (κ2) is 4.55. The van der Waals surface area contributed by atoms with Crippen LogP contribution in [0.15, 0.2) is 18.2 Å². The molecule has 0 bridgehead atoms.